The van der Waals surface area contributed by atoms with Crippen molar-refractivity contribution in [3.8, 4) is 0 Å². The molecule has 2 aliphatic carbocycles. The molecule has 6 rings (SSSR count). The molecule has 5 atom stereocenters. The van der Waals surface area contributed by atoms with E-state index in [-0.39, 0.29) is 5.78 Å². The Balaban J connectivity index is 1.19. The largest absolute Gasteiger partial charge is 0.479 e. The molecule has 0 amide bonds. The normalized spacial score (nSPS) is 35.6. The summed E-state index contributed by atoms with van der Waals surface area (Å²) < 4.78 is 0. The van der Waals surface area contributed by atoms with E-state index < -0.39 is 18.6 Å². The number of benzene rings is 1. The number of carboxylic acid groups (broad SMARTS) is 1. The molecule has 38 heavy (non-hydrogen) atoms. The average Bonchev–Trinajstić information content (AvgIpc) is 3.02. The Kier molecular flexibility index (Phi) is 7.34. The van der Waals surface area contributed by atoms with Crippen LogP contribution in [0.4, 0.5) is 11.4 Å². The molecule has 2 saturated heterocycles. The van der Waals surface area contributed by atoms with Crippen molar-refractivity contribution in [2.45, 2.75) is 108 Å². The lowest BCUT2D eigenvalue weighted by Crippen LogP contribution is -2.56. The second kappa shape index (κ2) is 10.9. The molecule has 8 heteroatoms. The molecule has 8 nitrogen and oxygen atoms in total. The fourth-order valence-corrected chi connectivity index (χ4v) is 8.48. The fourth-order valence-electron chi connectivity index (χ4n) is 8.48. The van der Waals surface area contributed by atoms with E-state index in [4.69, 9.17) is 9.94 Å². The third kappa shape index (κ3) is 5.16. The van der Waals surface area contributed by atoms with Crippen LogP contribution in [0.15, 0.2) is 29.4 Å². The van der Waals surface area contributed by atoms with Crippen molar-refractivity contribution >= 4 is 28.8 Å². The van der Waals surface area contributed by atoms with Crippen LogP contribution in [-0.2, 0) is 14.4 Å². The highest BCUT2D eigenvalue weighted by molar-refractivity contribution is 6.13. The number of carbonyl (C=O) groups excluding carboxylic acids is 1. The Morgan fingerprint density at radius 2 is 1.66 bits per heavy atom. The smallest absolute Gasteiger partial charge is 0.344 e. The van der Waals surface area contributed by atoms with Crippen LogP contribution in [0.5, 0.6) is 0 Å². The number of carbonyl (C=O) groups is 2. The molecule has 0 spiro atoms. The van der Waals surface area contributed by atoms with Crippen molar-refractivity contribution in [2.75, 3.05) is 23.4 Å². The average molecular weight is 523 g/mol. The van der Waals surface area contributed by atoms with E-state index >= 15 is 0 Å². The minimum Gasteiger partial charge on any atom is -0.479 e. The number of aliphatic carboxylic acids is 1. The summed E-state index contributed by atoms with van der Waals surface area (Å²) in [5.74, 6) is 0.806. The van der Waals surface area contributed by atoms with Gasteiger partial charge in [0, 0.05) is 24.2 Å². The molecule has 3 heterocycles. The minimum atomic E-state index is -1.09. The molecule has 0 aromatic heterocycles. The van der Waals surface area contributed by atoms with Crippen LogP contribution in [0.3, 0.4) is 0 Å². The van der Waals surface area contributed by atoms with Gasteiger partial charge in [0.2, 0.25) is 6.61 Å². The Morgan fingerprint density at radius 3 is 2.34 bits per heavy atom. The SMILES string of the molecule is CC(=NOCC(=O)O)C1Nc2ccccc2N(C2CC3CCC(C2)N3C2CC3CCCCC(C3)C2)CC1=O. The number of rotatable bonds is 6. The molecule has 206 valence electrons. The third-order valence-corrected chi connectivity index (χ3v) is 9.96. The number of ketones is 1. The predicted octanol–water partition coefficient (Wildman–Crippen LogP) is 4.69. The van der Waals surface area contributed by atoms with E-state index in [2.05, 4.69) is 26.3 Å². The maximum absolute atomic E-state index is 13.5. The van der Waals surface area contributed by atoms with Gasteiger partial charge in [-0.05, 0) is 75.8 Å². The molecule has 5 aliphatic rings. The second-order valence-corrected chi connectivity index (χ2v) is 12.4. The van der Waals surface area contributed by atoms with E-state index in [0.29, 0.717) is 30.4 Å². The zero-order valence-corrected chi connectivity index (χ0v) is 22.6. The molecule has 2 saturated carbocycles. The number of piperidine rings is 1. The number of para-hydroxylation sites is 2. The lowest BCUT2D eigenvalue weighted by molar-refractivity contribution is -0.142. The monoisotopic (exact) mass is 522 g/mol. The van der Waals surface area contributed by atoms with Crippen molar-refractivity contribution in [3.63, 3.8) is 0 Å². The summed E-state index contributed by atoms with van der Waals surface area (Å²) in [5, 5.41) is 16.2. The molecule has 0 radical (unpaired) electrons. The summed E-state index contributed by atoms with van der Waals surface area (Å²) in [5.41, 5.74) is 2.44. The summed E-state index contributed by atoms with van der Waals surface area (Å²) in [6.45, 7) is 1.51. The summed E-state index contributed by atoms with van der Waals surface area (Å²) in [6.07, 6.45) is 14.8. The first-order chi connectivity index (χ1) is 18.5. The molecular formula is C30H42N4O4. The van der Waals surface area contributed by atoms with Gasteiger partial charge in [-0.25, -0.2) is 4.79 Å². The van der Waals surface area contributed by atoms with Crippen molar-refractivity contribution in [2.24, 2.45) is 17.0 Å². The summed E-state index contributed by atoms with van der Waals surface area (Å²) in [4.78, 5) is 34.6. The standard InChI is InChI=1S/C30H42N4O4/c1-19(32-38-18-29(36)37)30-28(35)17-33(27-9-5-4-8-26(27)31-30)24-15-22-10-11-23(16-24)34(22)25-13-20-6-2-3-7-21(12-20)14-25/h4-5,8-9,20-25,30-31H,2-3,6-7,10-18H2,1H3,(H,36,37). The van der Waals surface area contributed by atoms with E-state index in [1.165, 1.54) is 57.8 Å². The van der Waals surface area contributed by atoms with Gasteiger partial charge in [0.05, 0.1) is 23.6 Å². The molecular weight excluding hydrogens is 480 g/mol. The molecule has 5 unspecified atom stereocenters. The van der Waals surface area contributed by atoms with Gasteiger partial charge in [0.1, 0.15) is 6.04 Å². The van der Waals surface area contributed by atoms with Crippen molar-refractivity contribution in [3.05, 3.63) is 24.3 Å². The van der Waals surface area contributed by atoms with Gasteiger partial charge >= 0.3 is 5.97 Å². The zero-order chi connectivity index (χ0) is 26.2. The first-order valence-electron chi connectivity index (χ1n) is 14.8. The number of oxime groups is 1. The molecule has 1 aromatic rings. The zero-order valence-electron chi connectivity index (χ0n) is 22.6. The van der Waals surface area contributed by atoms with Gasteiger partial charge in [-0.2, -0.15) is 0 Å². The Hall–Kier alpha value is -2.61. The summed E-state index contributed by atoms with van der Waals surface area (Å²) in [7, 11) is 0. The van der Waals surface area contributed by atoms with E-state index in [1.807, 2.05) is 18.2 Å². The Morgan fingerprint density at radius 1 is 0.974 bits per heavy atom. The van der Waals surface area contributed by atoms with Crippen LogP contribution in [-0.4, -0.2) is 70.8 Å². The van der Waals surface area contributed by atoms with Crippen LogP contribution in [0.25, 0.3) is 0 Å². The lowest BCUT2D eigenvalue weighted by Gasteiger charge is -2.49. The van der Waals surface area contributed by atoms with E-state index in [0.717, 1.165) is 42.1 Å². The van der Waals surface area contributed by atoms with Crippen LogP contribution in [0.2, 0.25) is 0 Å². The quantitative estimate of drug-likeness (QED) is 0.414. The van der Waals surface area contributed by atoms with Gasteiger partial charge < -0.3 is 20.2 Å². The Bertz CT molecular complexity index is 1050. The number of hydrogen-bond donors (Lipinski definition) is 2. The first kappa shape index (κ1) is 25.7. The van der Waals surface area contributed by atoms with Gasteiger partial charge in [-0.1, -0.05) is 43.0 Å². The number of Topliss-reactive ketones (excluding diaryl/α,β-unsaturated/α-hetero) is 1. The van der Waals surface area contributed by atoms with Crippen molar-refractivity contribution in [1.82, 2.24) is 4.90 Å². The fraction of sp³-hybridized carbons (Fsp3) is 0.700. The molecule has 2 N–H and O–H groups in total. The van der Waals surface area contributed by atoms with Crippen LogP contribution < -0.4 is 10.2 Å². The lowest BCUT2D eigenvalue weighted by atomic mass is 9.76. The van der Waals surface area contributed by atoms with Gasteiger partial charge in [-0.15, -0.1) is 0 Å². The minimum absolute atomic E-state index is 0.0347. The highest BCUT2D eigenvalue weighted by Gasteiger charge is 2.48. The molecule has 4 bridgehead atoms. The number of fused-ring (bicyclic) bond motifs is 5. The second-order valence-electron chi connectivity index (χ2n) is 12.4. The van der Waals surface area contributed by atoms with E-state index in [1.54, 1.807) is 6.92 Å². The van der Waals surface area contributed by atoms with E-state index in [9.17, 15) is 9.59 Å². The number of nitrogens with zero attached hydrogens (tertiary/aromatic N) is 3. The number of anilines is 2. The van der Waals surface area contributed by atoms with Crippen LogP contribution in [0, 0.1) is 11.8 Å². The maximum atomic E-state index is 13.5. The van der Waals surface area contributed by atoms with Crippen molar-refractivity contribution < 1.29 is 19.5 Å². The summed E-state index contributed by atoms with van der Waals surface area (Å²) >= 11 is 0. The number of carboxylic acids is 1. The topological polar surface area (TPSA) is 94.5 Å². The highest BCUT2D eigenvalue weighted by Crippen LogP contribution is 2.47. The van der Waals surface area contributed by atoms with Crippen LogP contribution in [0.1, 0.15) is 77.6 Å². The number of hydrogen-bond acceptors (Lipinski definition) is 7. The van der Waals surface area contributed by atoms with Gasteiger partial charge in [0.25, 0.3) is 0 Å². The number of nitrogens with one attached hydrogen (secondary N) is 1. The summed E-state index contributed by atoms with van der Waals surface area (Å²) in [6, 6.07) is 9.85. The molecule has 1 aromatic carbocycles. The maximum Gasteiger partial charge on any atom is 0.344 e. The first-order valence-corrected chi connectivity index (χ1v) is 14.8. The van der Waals surface area contributed by atoms with Crippen LogP contribution >= 0.6 is 0 Å². The Labute approximate surface area is 225 Å². The van der Waals surface area contributed by atoms with Crippen molar-refractivity contribution in [1.29, 1.82) is 0 Å². The third-order valence-electron chi connectivity index (χ3n) is 9.96. The highest BCUT2D eigenvalue weighted by atomic mass is 16.6. The van der Waals surface area contributed by atoms with Gasteiger partial charge in [0.15, 0.2) is 5.78 Å². The van der Waals surface area contributed by atoms with Gasteiger partial charge in [-0.3, -0.25) is 9.69 Å². The molecule has 4 fully saturated rings. The molecule has 3 aliphatic heterocycles. The predicted molar refractivity (Wildman–Crippen MR) is 148 cm³/mol.